The summed E-state index contributed by atoms with van der Waals surface area (Å²) >= 11 is 1.92. The number of likely N-dealkylation sites (tertiary alicyclic amines) is 1. The van der Waals surface area contributed by atoms with Crippen LogP contribution in [0.1, 0.15) is 56.9 Å². The summed E-state index contributed by atoms with van der Waals surface area (Å²) in [7, 11) is 0. The molecule has 3 amide bonds. The van der Waals surface area contributed by atoms with Crippen LogP contribution in [0.25, 0.3) is 0 Å². The number of carbonyl (C=O) groups is 2. The average molecular weight is 416 g/mol. The number of thioether (sulfide) groups is 1. The highest BCUT2D eigenvalue weighted by Gasteiger charge is 2.46. The molecule has 4 rings (SSSR count). The van der Waals surface area contributed by atoms with Crippen LogP contribution in [-0.2, 0) is 11.2 Å². The van der Waals surface area contributed by atoms with Crippen LogP contribution >= 0.6 is 11.8 Å². The van der Waals surface area contributed by atoms with E-state index in [9.17, 15) is 9.59 Å². The lowest BCUT2D eigenvalue weighted by atomic mass is 9.95. The number of amides is 3. The molecule has 1 aromatic rings. The number of urea groups is 1. The van der Waals surface area contributed by atoms with Crippen molar-refractivity contribution in [2.24, 2.45) is 0 Å². The SMILES string of the molecule is O=C(NC1CCCCC1)N1CCC2(CC1)SCCN2C(=O)CCc1ccccc1. The van der Waals surface area contributed by atoms with E-state index in [0.29, 0.717) is 12.5 Å². The minimum absolute atomic E-state index is 0.0942. The maximum atomic E-state index is 13.0. The van der Waals surface area contributed by atoms with Gasteiger partial charge in [0.2, 0.25) is 5.91 Å². The van der Waals surface area contributed by atoms with E-state index in [1.54, 1.807) is 0 Å². The topological polar surface area (TPSA) is 52.7 Å². The fraction of sp³-hybridized carbons (Fsp3) is 0.652. The maximum absolute atomic E-state index is 13.0. The summed E-state index contributed by atoms with van der Waals surface area (Å²) in [4.78, 5) is 29.6. The van der Waals surface area contributed by atoms with Gasteiger partial charge in [-0.15, -0.1) is 11.8 Å². The van der Waals surface area contributed by atoms with Gasteiger partial charge < -0.3 is 15.1 Å². The largest absolute Gasteiger partial charge is 0.335 e. The molecule has 1 spiro atoms. The molecule has 5 nitrogen and oxygen atoms in total. The molecular weight excluding hydrogens is 382 g/mol. The van der Waals surface area contributed by atoms with Gasteiger partial charge in [-0.2, -0.15) is 0 Å². The molecule has 29 heavy (non-hydrogen) atoms. The van der Waals surface area contributed by atoms with E-state index >= 15 is 0 Å². The van der Waals surface area contributed by atoms with E-state index in [1.807, 2.05) is 34.9 Å². The Kier molecular flexibility index (Phi) is 6.68. The van der Waals surface area contributed by atoms with Gasteiger partial charge >= 0.3 is 6.03 Å². The Morgan fingerprint density at radius 3 is 2.48 bits per heavy atom. The molecule has 2 heterocycles. The second-order valence-corrected chi connectivity index (χ2v) is 10.1. The Hall–Kier alpha value is -1.69. The van der Waals surface area contributed by atoms with Crippen molar-refractivity contribution in [1.82, 2.24) is 15.1 Å². The lowest BCUT2D eigenvalue weighted by molar-refractivity contribution is -0.134. The fourth-order valence-electron chi connectivity index (χ4n) is 4.98. The monoisotopic (exact) mass is 415 g/mol. The lowest BCUT2D eigenvalue weighted by Crippen LogP contribution is -2.56. The molecule has 2 aliphatic heterocycles. The van der Waals surface area contributed by atoms with Crippen molar-refractivity contribution in [1.29, 1.82) is 0 Å². The van der Waals surface area contributed by atoms with E-state index in [1.165, 1.54) is 24.8 Å². The summed E-state index contributed by atoms with van der Waals surface area (Å²) < 4.78 is 0. The van der Waals surface area contributed by atoms with Gasteiger partial charge in [-0.1, -0.05) is 49.6 Å². The molecule has 3 aliphatic rings. The Labute approximate surface area is 178 Å². The highest BCUT2D eigenvalue weighted by Crippen LogP contribution is 2.44. The summed E-state index contributed by atoms with van der Waals surface area (Å²) in [5.41, 5.74) is 1.22. The van der Waals surface area contributed by atoms with Crippen molar-refractivity contribution in [3.63, 3.8) is 0 Å². The van der Waals surface area contributed by atoms with Crippen molar-refractivity contribution in [2.75, 3.05) is 25.4 Å². The quantitative estimate of drug-likeness (QED) is 0.808. The van der Waals surface area contributed by atoms with Crippen LogP contribution in [-0.4, -0.2) is 58.0 Å². The number of carbonyl (C=O) groups excluding carboxylic acids is 2. The van der Waals surface area contributed by atoms with Crippen LogP contribution in [0.15, 0.2) is 30.3 Å². The maximum Gasteiger partial charge on any atom is 0.317 e. The number of benzene rings is 1. The molecule has 1 saturated carbocycles. The minimum atomic E-state index is -0.102. The number of hydrogen-bond donors (Lipinski definition) is 1. The number of nitrogens with one attached hydrogen (secondary N) is 1. The number of aryl methyl sites for hydroxylation is 1. The smallest absolute Gasteiger partial charge is 0.317 e. The Bertz CT molecular complexity index is 697. The van der Waals surface area contributed by atoms with Gasteiger partial charge in [-0.25, -0.2) is 4.79 Å². The highest BCUT2D eigenvalue weighted by molar-refractivity contribution is 8.00. The number of rotatable bonds is 4. The van der Waals surface area contributed by atoms with Crippen molar-refractivity contribution in [3.8, 4) is 0 Å². The molecule has 1 aliphatic carbocycles. The number of piperidine rings is 1. The predicted octanol–water partition coefficient (Wildman–Crippen LogP) is 4.03. The van der Waals surface area contributed by atoms with Gasteiger partial charge in [0.25, 0.3) is 0 Å². The molecule has 2 saturated heterocycles. The van der Waals surface area contributed by atoms with Gasteiger partial charge in [0.15, 0.2) is 0 Å². The van der Waals surface area contributed by atoms with Crippen molar-refractivity contribution in [2.45, 2.75) is 68.7 Å². The van der Waals surface area contributed by atoms with Gasteiger partial charge in [-0.05, 0) is 37.7 Å². The van der Waals surface area contributed by atoms with Crippen molar-refractivity contribution >= 4 is 23.7 Å². The van der Waals surface area contributed by atoms with Gasteiger partial charge in [0, 0.05) is 37.8 Å². The van der Waals surface area contributed by atoms with E-state index in [4.69, 9.17) is 0 Å². The molecule has 0 radical (unpaired) electrons. The summed E-state index contributed by atoms with van der Waals surface area (Å²) in [5.74, 6) is 1.27. The minimum Gasteiger partial charge on any atom is -0.335 e. The molecule has 3 fully saturated rings. The molecule has 1 N–H and O–H groups in total. The predicted molar refractivity (Wildman–Crippen MR) is 118 cm³/mol. The third-order valence-corrected chi connectivity index (χ3v) is 8.27. The van der Waals surface area contributed by atoms with Crippen LogP contribution in [0.4, 0.5) is 4.79 Å². The Morgan fingerprint density at radius 1 is 1.03 bits per heavy atom. The second-order valence-electron chi connectivity index (χ2n) is 8.60. The zero-order valence-corrected chi connectivity index (χ0v) is 18.1. The number of nitrogens with zero attached hydrogens (tertiary/aromatic N) is 2. The molecule has 0 atom stereocenters. The normalized spacial score (nSPS) is 22.1. The first-order chi connectivity index (χ1) is 14.2. The van der Waals surface area contributed by atoms with Crippen LogP contribution in [0.2, 0.25) is 0 Å². The standard InChI is InChI=1S/C23H33N3O2S/c27-21(12-11-19-7-3-1-4-8-19)26-17-18-29-23(26)13-15-25(16-14-23)22(28)24-20-9-5-2-6-10-20/h1,3-4,7-8,20H,2,5-6,9-18H2,(H,24,28). The average Bonchev–Trinajstić information content (AvgIpc) is 3.17. The zero-order valence-electron chi connectivity index (χ0n) is 17.3. The molecule has 6 heteroatoms. The summed E-state index contributed by atoms with van der Waals surface area (Å²) in [6, 6.07) is 10.7. The summed E-state index contributed by atoms with van der Waals surface area (Å²) in [5, 5.41) is 3.24. The van der Waals surface area contributed by atoms with Gasteiger partial charge in [0.05, 0.1) is 4.87 Å². The van der Waals surface area contributed by atoms with E-state index in [2.05, 4.69) is 22.3 Å². The van der Waals surface area contributed by atoms with E-state index in [0.717, 1.165) is 57.5 Å². The Morgan fingerprint density at radius 2 is 1.76 bits per heavy atom. The summed E-state index contributed by atoms with van der Waals surface area (Å²) in [6.07, 6.45) is 9.11. The molecule has 0 bridgehead atoms. The van der Waals surface area contributed by atoms with Crippen LogP contribution < -0.4 is 5.32 Å². The zero-order chi connectivity index (χ0) is 20.1. The Balaban J connectivity index is 1.29. The van der Waals surface area contributed by atoms with E-state index in [-0.39, 0.29) is 16.8 Å². The second kappa shape index (κ2) is 9.41. The molecule has 158 valence electrons. The fourth-order valence-corrected chi connectivity index (χ4v) is 6.45. The molecular formula is C23H33N3O2S. The first-order valence-corrected chi connectivity index (χ1v) is 12.2. The molecule has 0 unspecified atom stereocenters. The van der Waals surface area contributed by atoms with Gasteiger partial charge in [0.1, 0.15) is 0 Å². The molecule has 0 aromatic heterocycles. The first kappa shape index (κ1) is 20.6. The van der Waals surface area contributed by atoms with Crippen molar-refractivity contribution < 1.29 is 9.59 Å². The van der Waals surface area contributed by atoms with Crippen LogP contribution in [0.5, 0.6) is 0 Å². The van der Waals surface area contributed by atoms with Gasteiger partial charge in [-0.3, -0.25) is 4.79 Å². The van der Waals surface area contributed by atoms with Crippen LogP contribution in [0.3, 0.4) is 0 Å². The van der Waals surface area contributed by atoms with Crippen molar-refractivity contribution in [3.05, 3.63) is 35.9 Å². The lowest BCUT2D eigenvalue weighted by Gasteiger charge is -2.44. The highest BCUT2D eigenvalue weighted by atomic mass is 32.2. The third kappa shape index (κ3) is 4.90. The third-order valence-electron chi connectivity index (χ3n) is 6.71. The number of hydrogen-bond acceptors (Lipinski definition) is 3. The summed E-state index contributed by atoms with van der Waals surface area (Å²) in [6.45, 7) is 2.33. The van der Waals surface area contributed by atoms with E-state index < -0.39 is 0 Å². The first-order valence-electron chi connectivity index (χ1n) is 11.2. The molecule has 1 aromatic carbocycles. The van der Waals surface area contributed by atoms with Crippen LogP contribution in [0, 0.1) is 0 Å².